The lowest BCUT2D eigenvalue weighted by molar-refractivity contribution is -0.118. The highest BCUT2D eigenvalue weighted by Gasteiger charge is 2.08. The van der Waals surface area contributed by atoms with Crippen molar-refractivity contribution in [2.45, 2.75) is 6.92 Å². The van der Waals surface area contributed by atoms with E-state index in [0.29, 0.717) is 17.2 Å². The number of anilines is 1. The predicted molar refractivity (Wildman–Crippen MR) is 84.6 cm³/mol. The Hall–Kier alpha value is -3.09. The molecular formula is C16H15N3O4. The normalized spacial score (nSPS) is 10.7. The molecule has 0 aliphatic carbocycles. The summed E-state index contributed by atoms with van der Waals surface area (Å²) < 4.78 is 12.1. The average molecular weight is 313 g/mol. The smallest absolute Gasteiger partial charge is 0.336 e. The number of carbonyl (C=O) groups is 1. The van der Waals surface area contributed by atoms with Gasteiger partial charge < -0.3 is 14.5 Å². The van der Waals surface area contributed by atoms with Crippen LogP contribution in [0.4, 0.5) is 5.82 Å². The van der Waals surface area contributed by atoms with Crippen molar-refractivity contribution >= 4 is 22.7 Å². The van der Waals surface area contributed by atoms with Gasteiger partial charge in [-0.25, -0.2) is 4.79 Å². The fourth-order valence-corrected chi connectivity index (χ4v) is 2.19. The van der Waals surface area contributed by atoms with Gasteiger partial charge in [-0.15, -0.1) is 0 Å². The first-order chi connectivity index (χ1) is 11.0. The van der Waals surface area contributed by atoms with Crippen molar-refractivity contribution in [3.8, 4) is 5.75 Å². The Labute approximate surface area is 131 Å². The highest BCUT2D eigenvalue weighted by atomic mass is 16.5. The molecule has 7 heteroatoms. The largest absolute Gasteiger partial charge is 0.484 e. The molecule has 0 saturated heterocycles. The van der Waals surface area contributed by atoms with Gasteiger partial charge in [-0.1, -0.05) is 0 Å². The van der Waals surface area contributed by atoms with Crippen LogP contribution in [0.3, 0.4) is 0 Å². The Morgan fingerprint density at radius 1 is 1.30 bits per heavy atom. The van der Waals surface area contributed by atoms with Crippen LogP contribution in [0.1, 0.15) is 5.69 Å². The Morgan fingerprint density at radius 2 is 2.09 bits per heavy atom. The number of aryl methyl sites for hydroxylation is 2. The summed E-state index contributed by atoms with van der Waals surface area (Å²) in [6.07, 6.45) is 0. The number of ether oxygens (including phenoxy) is 1. The highest BCUT2D eigenvalue weighted by molar-refractivity contribution is 5.91. The van der Waals surface area contributed by atoms with Crippen LogP contribution >= 0.6 is 0 Å². The van der Waals surface area contributed by atoms with E-state index >= 15 is 0 Å². The molecule has 1 amide bonds. The van der Waals surface area contributed by atoms with E-state index < -0.39 is 5.63 Å². The molecule has 1 N–H and O–H groups in total. The summed E-state index contributed by atoms with van der Waals surface area (Å²) in [6.45, 7) is 1.68. The first-order valence-corrected chi connectivity index (χ1v) is 6.98. The van der Waals surface area contributed by atoms with Crippen molar-refractivity contribution in [1.29, 1.82) is 0 Å². The summed E-state index contributed by atoms with van der Waals surface area (Å²) in [5.74, 6) is 0.742. The van der Waals surface area contributed by atoms with Crippen LogP contribution in [0.5, 0.6) is 5.75 Å². The lowest BCUT2D eigenvalue weighted by Gasteiger charge is -2.08. The lowest BCUT2D eigenvalue weighted by Crippen LogP contribution is -2.21. The molecule has 0 bridgehead atoms. The molecule has 0 aliphatic rings. The van der Waals surface area contributed by atoms with E-state index in [1.54, 1.807) is 42.1 Å². The minimum Gasteiger partial charge on any atom is -0.484 e. The molecule has 3 aromatic rings. The van der Waals surface area contributed by atoms with Crippen molar-refractivity contribution in [1.82, 2.24) is 9.78 Å². The molecule has 118 valence electrons. The Morgan fingerprint density at radius 3 is 2.83 bits per heavy atom. The van der Waals surface area contributed by atoms with Crippen molar-refractivity contribution in [2.75, 3.05) is 11.9 Å². The molecule has 0 radical (unpaired) electrons. The number of hydrogen-bond acceptors (Lipinski definition) is 5. The number of amides is 1. The molecular weight excluding hydrogens is 298 g/mol. The van der Waals surface area contributed by atoms with Crippen LogP contribution in [0, 0.1) is 6.92 Å². The number of nitrogens with one attached hydrogen (secondary N) is 1. The second kappa shape index (κ2) is 5.96. The topological polar surface area (TPSA) is 86.4 Å². The van der Waals surface area contributed by atoms with Gasteiger partial charge in [0.15, 0.2) is 6.61 Å². The molecule has 0 aliphatic heterocycles. The van der Waals surface area contributed by atoms with Gasteiger partial charge in [0, 0.05) is 30.6 Å². The molecule has 2 aromatic heterocycles. The van der Waals surface area contributed by atoms with E-state index in [9.17, 15) is 9.59 Å². The molecule has 0 atom stereocenters. The third-order valence-corrected chi connectivity index (χ3v) is 3.23. The van der Waals surface area contributed by atoms with Crippen LogP contribution < -0.4 is 15.7 Å². The maximum absolute atomic E-state index is 11.9. The molecule has 0 fully saturated rings. The molecule has 0 saturated carbocycles. The summed E-state index contributed by atoms with van der Waals surface area (Å²) in [6, 6.07) is 9.84. The van der Waals surface area contributed by atoms with Gasteiger partial charge in [0.1, 0.15) is 17.2 Å². The fraction of sp³-hybridized carbons (Fsp3) is 0.188. The zero-order chi connectivity index (χ0) is 16.4. The monoisotopic (exact) mass is 313 g/mol. The number of nitrogens with zero attached hydrogens (tertiary/aromatic N) is 2. The summed E-state index contributed by atoms with van der Waals surface area (Å²) in [5, 5.41) is 7.64. The van der Waals surface area contributed by atoms with E-state index in [1.165, 1.54) is 6.07 Å². The van der Waals surface area contributed by atoms with Crippen LogP contribution in [0.25, 0.3) is 11.0 Å². The van der Waals surface area contributed by atoms with Gasteiger partial charge in [-0.05, 0) is 25.1 Å². The first-order valence-electron chi connectivity index (χ1n) is 6.98. The summed E-state index contributed by atoms with van der Waals surface area (Å²) in [4.78, 5) is 23.1. The molecule has 2 heterocycles. The maximum Gasteiger partial charge on any atom is 0.336 e. The van der Waals surface area contributed by atoms with Gasteiger partial charge >= 0.3 is 5.63 Å². The molecule has 1 aromatic carbocycles. The van der Waals surface area contributed by atoms with Crippen LogP contribution in [0.2, 0.25) is 0 Å². The summed E-state index contributed by atoms with van der Waals surface area (Å²) in [5.41, 5.74) is 0.796. The zero-order valence-corrected chi connectivity index (χ0v) is 12.7. The van der Waals surface area contributed by atoms with E-state index in [4.69, 9.17) is 9.15 Å². The molecule has 0 unspecified atom stereocenters. The molecule has 23 heavy (non-hydrogen) atoms. The molecule has 3 rings (SSSR count). The SMILES string of the molecule is Cc1cc(NC(=O)COc2ccc3ccc(=O)oc3c2)n(C)n1. The van der Waals surface area contributed by atoms with Crippen molar-refractivity contribution < 1.29 is 13.9 Å². The second-order valence-electron chi connectivity index (χ2n) is 5.09. The van der Waals surface area contributed by atoms with E-state index in [0.717, 1.165) is 11.1 Å². The lowest BCUT2D eigenvalue weighted by atomic mass is 10.2. The number of benzene rings is 1. The molecule has 0 spiro atoms. The van der Waals surface area contributed by atoms with Crippen molar-refractivity contribution in [2.24, 2.45) is 7.05 Å². The van der Waals surface area contributed by atoms with Gasteiger partial charge in [0.2, 0.25) is 0 Å². The average Bonchev–Trinajstić information content (AvgIpc) is 2.82. The van der Waals surface area contributed by atoms with Gasteiger partial charge in [0.25, 0.3) is 5.91 Å². The number of fused-ring (bicyclic) bond motifs is 1. The van der Waals surface area contributed by atoms with Crippen LogP contribution in [-0.2, 0) is 11.8 Å². The van der Waals surface area contributed by atoms with Crippen molar-refractivity contribution in [3.63, 3.8) is 0 Å². The second-order valence-corrected chi connectivity index (χ2v) is 5.09. The van der Waals surface area contributed by atoms with Crippen LogP contribution in [-0.4, -0.2) is 22.3 Å². The third-order valence-electron chi connectivity index (χ3n) is 3.23. The fourth-order valence-electron chi connectivity index (χ4n) is 2.19. The standard InChI is InChI=1S/C16H15N3O4/c1-10-7-14(19(2)18-10)17-15(20)9-22-12-5-3-11-4-6-16(21)23-13(11)8-12/h3-8H,9H2,1-2H3,(H,17,20). The number of aromatic nitrogens is 2. The van der Waals surface area contributed by atoms with Gasteiger partial charge in [-0.2, -0.15) is 5.10 Å². The Bertz CT molecular complexity index is 926. The first kappa shape index (κ1) is 14.8. The third kappa shape index (κ3) is 3.39. The number of rotatable bonds is 4. The molecule has 7 nitrogen and oxygen atoms in total. The van der Waals surface area contributed by atoms with E-state index in [-0.39, 0.29) is 12.5 Å². The Kier molecular flexibility index (Phi) is 3.84. The van der Waals surface area contributed by atoms with E-state index in [2.05, 4.69) is 10.4 Å². The van der Waals surface area contributed by atoms with Crippen molar-refractivity contribution in [3.05, 3.63) is 52.5 Å². The maximum atomic E-state index is 11.9. The number of hydrogen-bond donors (Lipinski definition) is 1. The van der Waals surface area contributed by atoms with Crippen LogP contribution in [0.15, 0.2) is 45.6 Å². The number of carbonyl (C=O) groups excluding carboxylic acids is 1. The summed E-state index contributed by atoms with van der Waals surface area (Å²) >= 11 is 0. The summed E-state index contributed by atoms with van der Waals surface area (Å²) in [7, 11) is 1.74. The predicted octanol–water partition coefficient (Wildman–Crippen LogP) is 1.85. The van der Waals surface area contributed by atoms with Gasteiger partial charge in [-0.3, -0.25) is 9.48 Å². The van der Waals surface area contributed by atoms with Gasteiger partial charge in [0.05, 0.1) is 5.69 Å². The van der Waals surface area contributed by atoms with E-state index in [1.807, 2.05) is 6.92 Å². The minimum atomic E-state index is -0.432. The quantitative estimate of drug-likeness (QED) is 0.743. The zero-order valence-electron chi connectivity index (χ0n) is 12.7. The minimum absolute atomic E-state index is 0.160. The highest BCUT2D eigenvalue weighted by Crippen LogP contribution is 2.19. The Balaban J connectivity index is 1.66.